The average molecular weight is 448 g/mol. The van der Waals surface area contributed by atoms with Gasteiger partial charge in [0.2, 0.25) is 5.88 Å². The fourth-order valence-corrected chi connectivity index (χ4v) is 3.49. The summed E-state index contributed by atoms with van der Waals surface area (Å²) in [7, 11) is 1.82. The Bertz CT molecular complexity index is 1330. The standard InChI is InChI=1S/C22H25N9O2/c1-3-33-20-9-8-18(28-29-20)30-10-4-5-16(22(30)32)26-17-11-19(23-2)31-21(27-17)14(13-25-31)12-24-15-6-7-15/h4-5,8-11,13,15,23-24H,3,6-7,12H2,1-2H3,(H,26,27). The minimum Gasteiger partial charge on any atom is -0.477 e. The molecule has 170 valence electrons. The number of pyridine rings is 1. The number of rotatable bonds is 9. The first-order valence-electron chi connectivity index (χ1n) is 10.9. The van der Waals surface area contributed by atoms with Gasteiger partial charge in [-0.3, -0.25) is 9.36 Å². The van der Waals surface area contributed by atoms with Gasteiger partial charge < -0.3 is 20.7 Å². The molecule has 1 fully saturated rings. The molecule has 0 unspecified atom stereocenters. The van der Waals surface area contributed by atoms with E-state index >= 15 is 0 Å². The first-order valence-corrected chi connectivity index (χ1v) is 10.9. The van der Waals surface area contributed by atoms with Crippen LogP contribution in [0.2, 0.25) is 0 Å². The second-order valence-electron chi connectivity index (χ2n) is 7.72. The summed E-state index contributed by atoms with van der Waals surface area (Å²) in [5.74, 6) is 2.10. The van der Waals surface area contributed by atoms with E-state index in [-0.39, 0.29) is 5.56 Å². The zero-order valence-corrected chi connectivity index (χ0v) is 18.4. The molecule has 11 nitrogen and oxygen atoms in total. The number of nitrogens with one attached hydrogen (secondary N) is 3. The third-order valence-corrected chi connectivity index (χ3v) is 5.33. The topological polar surface area (TPSA) is 123 Å². The Labute approximate surface area is 189 Å². The van der Waals surface area contributed by atoms with E-state index in [9.17, 15) is 4.79 Å². The highest BCUT2D eigenvalue weighted by atomic mass is 16.5. The highest BCUT2D eigenvalue weighted by Crippen LogP contribution is 2.23. The summed E-state index contributed by atoms with van der Waals surface area (Å²) < 4.78 is 8.51. The van der Waals surface area contributed by atoms with Crippen molar-refractivity contribution in [1.82, 2.24) is 34.7 Å². The smallest absolute Gasteiger partial charge is 0.280 e. The minimum absolute atomic E-state index is 0.271. The van der Waals surface area contributed by atoms with E-state index in [4.69, 9.17) is 9.72 Å². The van der Waals surface area contributed by atoms with Crippen LogP contribution >= 0.6 is 0 Å². The Morgan fingerprint density at radius 3 is 2.82 bits per heavy atom. The predicted octanol–water partition coefficient (Wildman–Crippen LogP) is 2.11. The van der Waals surface area contributed by atoms with Crippen LogP contribution in [0.15, 0.2) is 47.5 Å². The molecule has 0 saturated heterocycles. The third kappa shape index (κ3) is 4.35. The number of fused-ring (bicyclic) bond motifs is 1. The molecule has 0 radical (unpaired) electrons. The quantitative estimate of drug-likeness (QED) is 0.354. The van der Waals surface area contributed by atoms with Gasteiger partial charge in [-0.25, -0.2) is 4.98 Å². The van der Waals surface area contributed by atoms with Crippen molar-refractivity contribution in [2.75, 3.05) is 24.3 Å². The lowest BCUT2D eigenvalue weighted by molar-refractivity contribution is 0.322. The van der Waals surface area contributed by atoms with Gasteiger partial charge in [-0.15, -0.1) is 10.2 Å². The fourth-order valence-electron chi connectivity index (χ4n) is 3.49. The van der Waals surface area contributed by atoms with E-state index in [2.05, 4.69) is 31.2 Å². The molecule has 1 saturated carbocycles. The largest absolute Gasteiger partial charge is 0.477 e. The van der Waals surface area contributed by atoms with Crippen molar-refractivity contribution in [2.24, 2.45) is 0 Å². The van der Waals surface area contributed by atoms with Gasteiger partial charge in [-0.1, -0.05) is 0 Å². The van der Waals surface area contributed by atoms with E-state index in [0.717, 1.165) is 17.0 Å². The van der Waals surface area contributed by atoms with Crippen molar-refractivity contribution >= 4 is 23.0 Å². The van der Waals surface area contributed by atoms with Crippen LogP contribution in [-0.2, 0) is 6.54 Å². The fraction of sp³-hybridized carbons (Fsp3) is 0.318. The van der Waals surface area contributed by atoms with Crippen LogP contribution in [0, 0.1) is 0 Å². The van der Waals surface area contributed by atoms with E-state index in [0.29, 0.717) is 42.4 Å². The lowest BCUT2D eigenvalue weighted by atomic mass is 10.3. The van der Waals surface area contributed by atoms with Crippen molar-refractivity contribution < 1.29 is 4.74 Å². The Morgan fingerprint density at radius 1 is 1.21 bits per heavy atom. The summed E-state index contributed by atoms with van der Waals surface area (Å²) >= 11 is 0. The van der Waals surface area contributed by atoms with Gasteiger partial charge >= 0.3 is 0 Å². The number of nitrogens with zero attached hydrogens (tertiary/aromatic N) is 6. The molecule has 1 aliphatic rings. The Kier molecular flexibility index (Phi) is 5.61. The van der Waals surface area contributed by atoms with Crippen LogP contribution < -0.4 is 26.2 Å². The SMILES string of the molecule is CCOc1ccc(-n2cccc(Nc3cc(NC)n4ncc(CNC5CC5)c4n3)c2=O)nn1. The molecule has 0 aliphatic heterocycles. The van der Waals surface area contributed by atoms with Crippen molar-refractivity contribution in [3.63, 3.8) is 0 Å². The zero-order chi connectivity index (χ0) is 22.8. The molecule has 0 spiro atoms. The van der Waals surface area contributed by atoms with Crippen LogP contribution in [0.1, 0.15) is 25.3 Å². The lowest BCUT2D eigenvalue weighted by Gasteiger charge is -2.11. The second kappa shape index (κ2) is 8.87. The molecule has 3 N–H and O–H groups in total. The summed E-state index contributed by atoms with van der Waals surface area (Å²) in [6.07, 6.45) is 5.88. The van der Waals surface area contributed by atoms with Gasteiger partial charge in [0.25, 0.3) is 5.56 Å². The summed E-state index contributed by atoms with van der Waals surface area (Å²) in [5, 5.41) is 22.4. The molecule has 11 heteroatoms. The number of hydrogen-bond acceptors (Lipinski definition) is 9. The Balaban J connectivity index is 1.46. The van der Waals surface area contributed by atoms with E-state index in [1.807, 2.05) is 26.2 Å². The average Bonchev–Trinajstić information content (AvgIpc) is 3.58. The van der Waals surface area contributed by atoms with E-state index in [1.54, 1.807) is 35.0 Å². The normalized spacial score (nSPS) is 13.3. The molecule has 0 aromatic carbocycles. The Morgan fingerprint density at radius 2 is 2.09 bits per heavy atom. The van der Waals surface area contributed by atoms with Crippen molar-refractivity contribution in [3.8, 4) is 11.7 Å². The monoisotopic (exact) mass is 447 g/mol. The molecule has 0 amide bonds. The van der Waals surface area contributed by atoms with Gasteiger partial charge in [-0.2, -0.15) is 9.61 Å². The van der Waals surface area contributed by atoms with Crippen LogP contribution in [0.4, 0.5) is 17.3 Å². The maximum atomic E-state index is 13.1. The summed E-state index contributed by atoms with van der Waals surface area (Å²) in [4.78, 5) is 17.9. The van der Waals surface area contributed by atoms with E-state index < -0.39 is 0 Å². The summed E-state index contributed by atoms with van der Waals surface area (Å²) in [6, 6.07) is 9.24. The first kappa shape index (κ1) is 20.9. The maximum Gasteiger partial charge on any atom is 0.280 e. The lowest BCUT2D eigenvalue weighted by Crippen LogP contribution is -2.21. The van der Waals surface area contributed by atoms with Gasteiger partial charge in [0, 0.05) is 43.5 Å². The van der Waals surface area contributed by atoms with E-state index in [1.165, 1.54) is 17.4 Å². The summed E-state index contributed by atoms with van der Waals surface area (Å²) in [5.41, 5.74) is 1.82. The Hall–Kier alpha value is -3.99. The van der Waals surface area contributed by atoms with Crippen LogP contribution in [0.3, 0.4) is 0 Å². The van der Waals surface area contributed by atoms with Gasteiger partial charge in [0.1, 0.15) is 17.3 Å². The van der Waals surface area contributed by atoms with Gasteiger partial charge in [-0.05, 0) is 38.0 Å². The zero-order valence-electron chi connectivity index (χ0n) is 18.4. The molecule has 5 rings (SSSR count). The van der Waals surface area contributed by atoms with Crippen LogP contribution in [0.25, 0.3) is 11.5 Å². The highest BCUT2D eigenvalue weighted by molar-refractivity contribution is 5.64. The molecule has 4 aromatic heterocycles. The molecule has 0 atom stereocenters. The molecule has 1 aliphatic carbocycles. The number of anilines is 3. The predicted molar refractivity (Wildman–Crippen MR) is 124 cm³/mol. The van der Waals surface area contributed by atoms with Gasteiger partial charge in [0.15, 0.2) is 11.5 Å². The molecule has 4 heterocycles. The summed E-state index contributed by atoms with van der Waals surface area (Å²) in [6.45, 7) is 3.06. The first-order chi connectivity index (χ1) is 16.2. The van der Waals surface area contributed by atoms with Crippen molar-refractivity contribution in [2.45, 2.75) is 32.4 Å². The molecule has 4 aromatic rings. The van der Waals surface area contributed by atoms with Crippen molar-refractivity contribution in [3.05, 3.63) is 58.6 Å². The molecular weight excluding hydrogens is 422 g/mol. The third-order valence-electron chi connectivity index (χ3n) is 5.33. The van der Waals surface area contributed by atoms with Crippen LogP contribution in [-0.4, -0.2) is 49.1 Å². The van der Waals surface area contributed by atoms with Crippen LogP contribution in [0.5, 0.6) is 5.88 Å². The minimum atomic E-state index is -0.271. The second-order valence-corrected chi connectivity index (χ2v) is 7.72. The number of ether oxygens (including phenoxy) is 1. The van der Waals surface area contributed by atoms with Gasteiger partial charge in [0.05, 0.1) is 12.8 Å². The molecule has 0 bridgehead atoms. The molecular formula is C22H25N9O2. The highest BCUT2D eigenvalue weighted by Gasteiger charge is 2.21. The maximum absolute atomic E-state index is 13.1. The number of hydrogen-bond donors (Lipinski definition) is 3. The number of aromatic nitrogens is 6. The molecule has 33 heavy (non-hydrogen) atoms. The van der Waals surface area contributed by atoms with Crippen molar-refractivity contribution in [1.29, 1.82) is 0 Å².